The smallest absolute Gasteiger partial charge is 0.253 e. The van der Waals surface area contributed by atoms with Crippen molar-refractivity contribution in [2.75, 3.05) is 32.7 Å². The van der Waals surface area contributed by atoms with Gasteiger partial charge in [0.2, 0.25) is 5.91 Å². The number of rotatable bonds is 5. The Kier molecular flexibility index (Phi) is 8.57. The van der Waals surface area contributed by atoms with E-state index in [2.05, 4.69) is 0 Å². The number of hydrogen-bond acceptors (Lipinski definition) is 3. The molecule has 1 fully saturated rings. The molecule has 0 aliphatic carbocycles. The second-order valence-electron chi connectivity index (χ2n) is 7.00. The zero-order valence-corrected chi connectivity index (χ0v) is 17.0. The molecule has 6 heteroatoms. The molecule has 2 N–H and O–H groups in total. The van der Waals surface area contributed by atoms with Crippen LogP contribution in [0.25, 0.3) is 0 Å². The van der Waals surface area contributed by atoms with Gasteiger partial charge in [-0.3, -0.25) is 9.59 Å². The van der Waals surface area contributed by atoms with E-state index in [1.165, 1.54) is 0 Å². The molecule has 5 nitrogen and oxygen atoms in total. The quantitative estimate of drug-likeness (QED) is 0.852. The predicted molar refractivity (Wildman–Crippen MR) is 108 cm³/mol. The minimum absolute atomic E-state index is 0. The van der Waals surface area contributed by atoms with E-state index in [1.807, 2.05) is 54.8 Å². The molecule has 0 saturated carbocycles. The minimum atomic E-state index is -0.463. The van der Waals surface area contributed by atoms with Gasteiger partial charge >= 0.3 is 0 Å². The van der Waals surface area contributed by atoms with E-state index in [0.29, 0.717) is 32.7 Å². The lowest BCUT2D eigenvalue weighted by Crippen LogP contribution is -2.48. The van der Waals surface area contributed by atoms with Gasteiger partial charge in [0, 0.05) is 38.3 Å². The first kappa shape index (κ1) is 22.5. The highest BCUT2D eigenvalue weighted by Gasteiger charge is 2.37. The molecule has 0 atom stereocenters. The standard InChI is InChI=1S/C20H31N3O2.ClH/c1-4-20(5-2,15-21)19(25)23-11-7-10-22(12-13-23)18(24)17-9-6-8-16(3)14-17;/h6,8-9,14H,4-5,7,10-13,15,21H2,1-3H3;1H. The maximum Gasteiger partial charge on any atom is 0.253 e. The van der Waals surface area contributed by atoms with Crippen molar-refractivity contribution < 1.29 is 9.59 Å². The van der Waals surface area contributed by atoms with Crippen LogP contribution >= 0.6 is 12.4 Å². The molecular weight excluding hydrogens is 350 g/mol. The maximum absolute atomic E-state index is 13.0. The maximum atomic E-state index is 13.0. The van der Waals surface area contributed by atoms with Gasteiger partial charge in [-0.15, -0.1) is 12.4 Å². The van der Waals surface area contributed by atoms with Gasteiger partial charge in [0.15, 0.2) is 0 Å². The molecule has 0 spiro atoms. The van der Waals surface area contributed by atoms with Gasteiger partial charge in [0.25, 0.3) is 5.91 Å². The zero-order chi connectivity index (χ0) is 18.4. The van der Waals surface area contributed by atoms with Crippen LogP contribution in [0.3, 0.4) is 0 Å². The molecule has 0 unspecified atom stereocenters. The summed E-state index contributed by atoms with van der Waals surface area (Å²) in [5.74, 6) is 0.193. The summed E-state index contributed by atoms with van der Waals surface area (Å²) in [5.41, 5.74) is 7.27. The van der Waals surface area contributed by atoms with Gasteiger partial charge in [0.05, 0.1) is 5.41 Å². The SMILES string of the molecule is CCC(CC)(CN)C(=O)N1CCCN(C(=O)c2cccc(C)c2)CC1.Cl. The first-order valence-electron chi connectivity index (χ1n) is 9.32. The fourth-order valence-corrected chi connectivity index (χ4v) is 3.55. The summed E-state index contributed by atoms with van der Waals surface area (Å²) >= 11 is 0. The number of amides is 2. The Labute approximate surface area is 163 Å². The molecule has 0 aromatic heterocycles. The normalized spacial score (nSPS) is 15.2. The second-order valence-corrected chi connectivity index (χ2v) is 7.00. The van der Waals surface area contributed by atoms with Crippen molar-refractivity contribution in [1.29, 1.82) is 0 Å². The topological polar surface area (TPSA) is 66.6 Å². The van der Waals surface area contributed by atoms with Gasteiger partial charge in [0.1, 0.15) is 0 Å². The van der Waals surface area contributed by atoms with Crippen molar-refractivity contribution in [3.05, 3.63) is 35.4 Å². The Balaban J connectivity index is 0.00000338. The van der Waals surface area contributed by atoms with Crippen LogP contribution in [-0.2, 0) is 4.79 Å². The fraction of sp³-hybridized carbons (Fsp3) is 0.600. The molecule has 0 radical (unpaired) electrons. The van der Waals surface area contributed by atoms with E-state index in [0.717, 1.165) is 30.4 Å². The molecule has 1 heterocycles. The zero-order valence-electron chi connectivity index (χ0n) is 16.2. The van der Waals surface area contributed by atoms with E-state index in [1.54, 1.807) is 0 Å². The highest BCUT2D eigenvalue weighted by atomic mass is 35.5. The van der Waals surface area contributed by atoms with Crippen LogP contribution in [0.4, 0.5) is 0 Å². The van der Waals surface area contributed by atoms with Crippen molar-refractivity contribution in [3.8, 4) is 0 Å². The summed E-state index contributed by atoms with van der Waals surface area (Å²) in [6, 6.07) is 7.68. The molecule has 26 heavy (non-hydrogen) atoms. The molecule has 2 amide bonds. The third-order valence-electron chi connectivity index (χ3n) is 5.53. The van der Waals surface area contributed by atoms with Crippen LogP contribution in [0.5, 0.6) is 0 Å². The predicted octanol–water partition coefficient (Wildman–Crippen LogP) is 2.86. The lowest BCUT2D eigenvalue weighted by atomic mass is 9.81. The number of nitrogens with zero attached hydrogens (tertiary/aromatic N) is 2. The van der Waals surface area contributed by atoms with Crippen LogP contribution in [0.1, 0.15) is 49.0 Å². The van der Waals surface area contributed by atoms with Gasteiger partial charge in [-0.2, -0.15) is 0 Å². The van der Waals surface area contributed by atoms with Crippen molar-refractivity contribution in [3.63, 3.8) is 0 Å². The van der Waals surface area contributed by atoms with Gasteiger partial charge in [-0.25, -0.2) is 0 Å². The van der Waals surface area contributed by atoms with E-state index >= 15 is 0 Å². The first-order valence-corrected chi connectivity index (χ1v) is 9.32. The van der Waals surface area contributed by atoms with E-state index in [-0.39, 0.29) is 24.2 Å². The highest BCUT2D eigenvalue weighted by molar-refractivity contribution is 5.94. The fourth-order valence-electron chi connectivity index (χ4n) is 3.55. The summed E-state index contributed by atoms with van der Waals surface area (Å²) in [6.07, 6.45) is 2.31. The summed E-state index contributed by atoms with van der Waals surface area (Å²) < 4.78 is 0. The summed E-state index contributed by atoms with van der Waals surface area (Å²) in [4.78, 5) is 29.5. The van der Waals surface area contributed by atoms with Crippen molar-refractivity contribution >= 4 is 24.2 Å². The molecule has 1 aromatic rings. The first-order chi connectivity index (χ1) is 12.0. The van der Waals surface area contributed by atoms with Gasteiger partial charge in [-0.05, 0) is 38.3 Å². The lowest BCUT2D eigenvalue weighted by molar-refractivity contribution is -0.142. The lowest BCUT2D eigenvalue weighted by Gasteiger charge is -2.34. The number of carbonyl (C=O) groups is 2. The number of aryl methyl sites for hydroxylation is 1. The van der Waals surface area contributed by atoms with Crippen molar-refractivity contribution in [2.45, 2.75) is 40.0 Å². The van der Waals surface area contributed by atoms with E-state index < -0.39 is 5.41 Å². The van der Waals surface area contributed by atoms with E-state index in [9.17, 15) is 9.59 Å². The van der Waals surface area contributed by atoms with Crippen molar-refractivity contribution in [1.82, 2.24) is 9.80 Å². The monoisotopic (exact) mass is 381 g/mol. The average Bonchev–Trinajstić information content (AvgIpc) is 2.89. The molecule has 146 valence electrons. The Morgan fingerprint density at radius 2 is 1.69 bits per heavy atom. The Hall–Kier alpha value is -1.59. The molecular formula is C20H32ClN3O2. The second kappa shape index (κ2) is 9.93. The Bertz CT molecular complexity index is 609. The number of benzene rings is 1. The third-order valence-corrected chi connectivity index (χ3v) is 5.53. The van der Waals surface area contributed by atoms with Crippen LogP contribution in [0, 0.1) is 12.3 Å². The summed E-state index contributed by atoms with van der Waals surface area (Å²) in [7, 11) is 0. The van der Waals surface area contributed by atoms with Gasteiger partial charge in [-0.1, -0.05) is 31.5 Å². The van der Waals surface area contributed by atoms with Crippen LogP contribution in [0.15, 0.2) is 24.3 Å². The van der Waals surface area contributed by atoms with Crippen LogP contribution in [-0.4, -0.2) is 54.3 Å². The largest absolute Gasteiger partial charge is 0.340 e. The van der Waals surface area contributed by atoms with E-state index in [4.69, 9.17) is 5.73 Å². The number of halogens is 1. The number of carbonyl (C=O) groups excluding carboxylic acids is 2. The third kappa shape index (κ3) is 4.77. The highest BCUT2D eigenvalue weighted by Crippen LogP contribution is 2.28. The van der Waals surface area contributed by atoms with Crippen LogP contribution in [0.2, 0.25) is 0 Å². The summed E-state index contributed by atoms with van der Waals surface area (Å²) in [5, 5.41) is 0. The number of hydrogen-bond donors (Lipinski definition) is 1. The molecule has 1 aliphatic rings. The average molecular weight is 382 g/mol. The van der Waals surface area contributed by atoms with Crippen molar-refractivity contribution in [2.24, 2.45) is 11.1 Å². The molecule has 1 saturated heterocycles. The molecule has 0 bridgehead atoms. The molecule has 2 rings (SSSR count). The molecule has 1 aliphatic heterocycles. The Morgan fingerprint density at radius 1 is 1.08 bits per heavy atom. The number of nitrogens with two attached hydrogens (primary N) is 1. The van der Waals surface area contributed by atoms with Gasteiger partial charge < -0.3 is 15.5 Å². The summed E-state index contributed by atoms with van der Waals surface area (Å²) in [6.45, 7) is 8.95. The Morgan fingerprint density at radius 3 is 2.27 bits per heavy atom. The van der Waals surface area contributed by atoms with Crippen LogP contribution < -0.4 is 5.73 Å². The minimum Gasteiger partial charge on any atom is -0.340 e. The molecule has 1 aromatic carbocycles.